The van der Waals surface area contributed by atoms with Crippen LogP contribution in [0, 0.1) is 12.8 Å². The molecule has 6 nitrogen and oxygen atoms in total. The molecule has 3 rings (SSSR count). The van der Waals surface area contributed by atoms with E-state index in [1.165, 1.54) is 10.6 Å². The average molecular weight is 390 g/mol. The second-order valence-corrected chi connectivity index (χ2v) is 9.23. The Morgan fingerprint density at radius 1 is 1.26 bits per heavy atom. The molecule has 1 N–H and O–H groups in total. The molecule has 2 aromatic rings. The van der Waals surface area contributed by atoms with Crippen LogP contribution in [0.2, 0.25) is 0 Å². The first-order valence-electron chi connectivity index (χ1n) is 9.42. The highest BCUT2D eigenvalue weighted by molar-refractivity contribution is 7.88. The molecule has 0 radical (unpaired) electrons. The number of pyridine rings is 1. The second kappa shape index (κ2) is 7.94. The molecule has 146 valence electrons. The van der Waals surface area contributed by atoms with Gasteiger partial charge in [-0.2, -0.15) is 0 Å². The smallest absolute Gasteiger partial charge is 0.252 e. The van der Waals surface area contributed by atoms with E-state index >= 15 is 0 Å². The third-order valence-corrected chi connectivity index (χ3v) is 6.70. The van der Waals surface area contributed by atoms with Gasteiger partial charge >= 0.3 is 0 Å². The molecule has 7 heteroatoms. The van der Waals surface area contributed by atoms with E-state index in [9.17, 15) is 13.2 Å². The maximum absolute atomic E-state index is 13.0. The van der Waals surface area contributed by atoms with E-state index in [-0.39, 0.29) is 5.91 Å². The number of aromatic nitrogens is 1. The van der Waals surface area contributed by atoms with Crippen LogP contribution in [0.5, 0.6) is 0 Å². The molecular weight excluding hydrogens is 362 g/mol. The molecule has 0 aliphatic carbocycles. The lowest BCUT2D eigenvalue weighted by Gasteiger charge is -2.30. The monoisotopic (exact) mass is 389 g/mol. The van der Waals surface area contributed by atoms with Gasteiger partial charge in [0.15, 0.2) is 0 Å². The Labute approximate surface area is 161 Å². The summed E-state index contributed by atoms with van der Waals surface area (Å²) in [4.78, 5) is 17.6. The van der Waals surface area contributed by atoms with Crippen LogP contribution < -0.4 is 5.32 Å². The summed E-state index contributed by atoms with van der Waals surface area (Å²) >= 11 is 0. The molecule has 1 fully saturated rings. The maximum Gasteiger partial charge on any atom is 0.252 e. The van der Waals surface area contributed by atoms with Gasteiger partial charge in [0.25, 0.3) is 5.91 Å². The van der Waals surface area contributed by atoms with Gasteiger partial charge in [-0.25, -0.2) is 12.7 Å². The van der Waals surface area contributed by atoms with E-state index in [0.29, 0.717) is 31.1 Å². The minimum atomic E-state index is -3.12. The van der Waals surface area contributed by atoms with Crippen molar-refractivity contribution in [1.82, 2.24) is 14.6 Å². The van der Waals surface area contributed by atoms with Crippen LogP contribution in [-0.2, 0) is 16.4 Å². The average Bonchev–Trinajstić information content (AvgIpc) is 2.65. The van der Waals surface area contributed by atoms with Gasteiger partial charge in [-0.3, -0.25) is 9.78 Å². The minimum absolute atomic E-state index is 0.0775. The van der Waals surface area contributed by atoms with E-state index < -0.39 is 10.0 Å². The van der Waals surface area contributed by atoms with Gasteiger partial charge < -0.3 is 5.32 Å². The van der Waals surface area contributed by atoms with Crippen molar-refractivity contribution in [3.05, 3.63) is 41.1 Å². The van der Waals surface area contributed by atoms with Gasteiger partial charge in [0.05, 0.1) is 17.3 Å². The third-order valence-electron chi connectivity index (χ3n) is 5.39. The lowest BCUT2D eigenvalue weighted by atomic mass is 9.97. The van der Waals surface area contributed by atoms with Crippen LogP contribution in [-0.4, -0.2) is 49.5 Å². The van der Waals surface area contributed by atoms with Crippen molar-refractivity contribution >= 4 is 26.8 Å². The minimum Gasteiger partial charge on any atom is -0.352 e. The number of carbonyl (C=O) groups excluding carboxylic acids is 1. The van der Waals surface area contributed by atoms with Crippen molar-refractivity contribution in [2.24, 2.45) is 5.92 Å². The zero-order chi connectivity index (χ0) is 19.6. The van der Waals surface area contributed by atoms with Crippen molar-refractivity contribution in [2.75, 3.05) is 25.9 Å². The van der Waals surface area contributed by atoms with Gasteiger partial charge in [-0.1, -0.05) is 25.1 Å². The summed E-state index contributed by atoms with van der Waals surface area (Å²) in [5.41, 5.74) is 3.42. The fourth-order valence-corrected chi connectivity index (χ4v) is 4.64. The van der Waals surface area contributed by atoms with Crippen molar-refractivity contribution < 1.29 is 13.2 Å². The highest BCUT2D eigenvalue weighted by Gasteiger charge is 2.25. The van der Waals surface area contributed by atoms with Gasteiger partial charge in [0.1, 0.15) is 0 Å². The van der Waals surface area contributed by atoms with Crippen LogP contribution in [0.3, 0.4) is 0 Å². The first-order chi connectivity index (χ1) is 12.8. The zero-order valence-corrected chi connectivity index (χ0v) is 17.0. The van der Waals surface area contributed by atoms with Crippen LogP contribution in [0.15, 0.2) is 24.3 Å². The van der Waals surface area contributed by atoms with E-state index in [0.717, 1.165) is 41.4 Å². The molecule has 1 aliphatic heterocycles. The molecular formula is C20H27N3O3S. The van der Waals surface area contributed by atoms with Crippen LogP contribution in [0.1, 0.15) is 41.4 Å². The first kappa shape index (κ1) is 19.8. The summed E-state index contributed by atoms with van der Waals surface area (Å²) in [5, 5.41) is 3.94. The molecule has 1 aliphatic rings. The van der Waals surface area contributed by atoms with Crippen molar-refractivity contribution in [3.8, 4) is 0 Å². The van der Waals surface area contributed by atoms with E-state index in [1.807, 2.05) is 38.1 Å². The Bertz CT molecular complexity index is 948. The molecule has 27 heavy (non-hydrogen) atoms. The standard InChI is InChI=1S/C20H27N3O3S/c1-4-17-14(2)19(16-7-5-6-8-18(16)22-17)20(24)21-13-15-9-11-23(12-10-15)27(3,25)26/h5-8,15H,4,9-13H2,1-3H3,(H,21,24). The number of carbonyl (C=O) groups is 1. The summed E-state index contributed by atoms with van der Waals surface area (Å²) in [7, 11) is -3.12. The number of rotatable bonds is 5. The number of hydrogen-bond acceptors (Lipinski definition) is 4. The lowest BCUT2D eigenvalue weighted by Crippen LogP contribution is -2.41. The molecule has 0 bridgehead atoms. The summed E-state index contributed by atoms with van der Waals surface area (Å²) in [5.74, 6) is 0.220. The number of aryl methyl sites for hydroxylation is 1. The van der Waals surface area contributed by atoms with Crippen molar-refractivity contribution in [1.29, 1.82) is 0 Å². The summed E-state index contributed by atoms with van der Waals surface area (Å²) < 4.78 is 24.7. The van der Waals surface area contributed by atoms with E-state index in [1.54, 1.807) is 0 Å². The summed E-state index contributed by atoms with van der Waals surface area (Å²) in [6, 6.07) is 7.73. The quantitative estimate of drug-likeness (QED) is 0.852. The van der Waals surface area contributed by atoms with Gasteiger partial charge in [-0.05, 0) is 43.7 Å². The Morgan fingerprint density at radius 2 is 1.93 bits per heavy atom. The topological polar surface area (TPSA) is 79.4 Å². The highest BCUT2D eigenvalue weighted by atomic mass is 32.2. The number of nitrogens with zero attached hydrogens (tertiary/aromatic N) is 2. The fraction of sp³-hybridized carbons (Fsp3) is 0.500. The Kier molecular flexibility index (Phi) is 5.81. The van der Waals surface area contributed by atoms with Crippen LogP contribution in [0.4, 0.5) is 0 Å². The summed E-state index contributed by atoms with van der Waals surface area (Å²) in [6.07, 6.45) is 3.56. The number of para-hydroxylation sites is 1. The first-order valence-corrected chi connectivity index (χ1v) is 11.3. The van der Waals surface area contributed by atoms with Crippen LogP contribution in [0.25, 0.3) is 10.9 Å². The molecule has 1 amide bonds. The van der Waals surface area contributed by atoms with Crippen molar-refractivity contribution in [2.45, 2.75) is 33.1 Å². The van der Waals surface area contributed by atoms with Gasteiger partial charge in [0, 0.05) is 30.7 Å². The number of sulfonamides is 1. The number of amides is 1. The Balaban J connectivity index is 1.73. The lowest BCUT2D eigenvalue weighted by molar-refractivity contribution is 0.0942. The number of piperidine rings is 1. The highest BCUT2D eigenvalue weighted by Crippen LogP contribution is 2.24. The molecule has 0 saturated carbocycles. The molecule has 0 atom stereocenters. The SMILES string of the molecule is CCc1nc2ccccc2c(C(=O)NCC2CCN(S(C)(=O)=O)CC2)c1C. The number of fused-ring (bicyclic) bond motifs is 1. The number of nitrogens with one attached hydrogen (secondary N) is 1. The molecule has 1 saturated heterocycles. The Morgan fingerprint density at radius 3 is 2.56 bits per heavy atom. The zero-order valence-electron chi connectivity index (χ0n) is 16.2. The van der Waals surface area contributed by atoms with Gasteiger partial charge in [-0.15, -0.1) is 0 Å². The fourth-order valence-electron chi connectivity index (χ4n) is 3.77. The predicted octanol–water partition coefficient (Wildman–Crippen LogP) is 2.51. The van der Waals surface area contributed by atoms with Gasteiger partial charge in [0.2, 0.25) is 10.0 Å². The Hall–Kier alpha value is -1.99. The third kappa shape index (κ3) is 4.30. The normalized spacial score (nSPS) is 16.6. The molecule has 1 aromatic carbocycles. The van der Waals surface area contributed by atoms with Crippen molar-refractivity contribution in [3.63, 3.8) is 0 Å². The molecule has 0 spiro atoms. The van der Waals surface area contributed by atoms with E-state index in [2.05, 4.69) is 10.3 Å². The summed E-state index contributed by atoms with van der Waals surface area (Å²) in [6.45, 7) is 5.61. The maximum atomic E-state index is 13.0. The molecule has 2 heterocycles. The van der Waals surface area contributed by atoms with E-state index in [4.69, 9.17) is 0 Å². The predicted molar refractivity (Wildman–Crippen MR) is 107 cm³/mol. The number of benzene rings is 1. The molecule has 1 aromatic heterocycles. The number of hydrogen-bond donors (Lipinski definition) is 1. The second-order valence-electron chi connectivity index (χ2n) is 7.24. The largest absolute Gasteiger partial charge is 0.352 e. The van der Waals surface area contributed by atoms with Crippen LogP contribution >= 0.6 is 0 Å². The molecule has 0 unspecified atom stereocenters.